The van der Waals surface area contributed by atoms with Crippen molar-refractivity contribution in [2.45, 2.75) is 0 Å². The second kappa shape index (κ2) is 3.45. The summed E-state index contributed by atoms with van der Waals surface area (Å²) in [5, 5.41) is 29.2. The molecule has 2 aromatic heterocycles. The molecule has 4 rings (SSSR count). The molecule has 3 N–H and O–H groups in total. The molecule has 2 aromatic carbocycles. The molecule has 0 aliphatic heterocycles. The van der Waals surface area contributed by atoms with E-state index in [0.29, 0.717) is 0 Å². The molecule has 0 aliphatic rings. The number of rotatable bonds is 0. The Labute approximate surface area is 114 Å². The molecule has 0 bridgehead atoms. The van der Waals surface area contributed by atoms with Crippen molar-refractivity contribution < 1.29 is 24.2 Å². The van der Waals surface area contributed by atoms with E-state index in [9.17, 15) is 24.9 Å². The lowest BCUT2D eigenvalue weighted by atomic mass is 10.0. The zero-order valence-electron chi connectivity index (χ0n) is 10.2. The van der Waals surface area contributed by atoms with Crippen molar-refractivity contribution in [3.63, 3.8) is 0 Å². The Bertz CT molecular complexity index is 1150. The highest BCUT2D eigenvalue weighted by molar-refractivity contribution is 6.21. The average Bonchev–Trinajstić information content (AvgIpc) is 2.41. The fraction of sp³-hybridized carbons (Fsp3) is 0. The minimum absolute atomic E-state index is 0.00881. The van der Waals surface area contributed by atoms with Gasteiger partial charge in [0, 0.05) is 22.9 Å². The van der Waals surface area contributed by atoms with E-state index in [1.165, 1.54) is 12.1 Å². The molecule has 0 fully saturated rings. The van der Waals surface area contributed by atoms with Gasteiger partial charge in [-0.05, 0) is 6.07 Å². The predicted molar refractivity (Wildman–Crippen MR) is 72.2 cm³/mol. The van der Waals surface area contributed by atoms with E-state index in [4.69, 9.17) is 8.83 Å². The molecule has 0 amide bonds. The summed E-state index contributed by atoms with van der Waals surface area (Å²) in [6, 6.07) is 3.41. The lowest BCUT2D eigenvalue weighted by Crippen LogP contribution is -2.06. The van der Waals surface area contributed by atoms with Gasteiger partial charge < -0.3 is 24.2 Å². The van der Waals surface area contributed by atoms with Crippen molar-refractivity contribution in [1.29, 1.82) is 0 Å². The number of phenols is 3. The van der Waals surface area contributed by atoms with Crippen LogP contribution in [0, 0.1) is 0 Å². The minimum atomic E-state index is -0.915. The zero-order chi connectivity index (χ0) is 14.9. The standard InChI is InChI=1S/C14H6O7/c15-4-1-5-9-7(2-4)21-14(19)11-10(9)8(20-13(5)18)3-6(16)12(11)17/h1-3,15-17H. The Morgan fingerprint density at radius 3 is 2.19 bits per heavy atom. The van der Waals surface area contributed by atoms with E-state index >= 15 is 0 Å². The summed E-state index contributed by atoms with van der Waals surface area (Å²) in [7, 11) is 0. The molecule has 104 valence electrons. The van der Waals surface area contributed by atoms with E-state index in [1.54, 1.807) is 0 Å². The molecular weight excluding hydrogens is 280 g/mol. The maximum absolute atomic E-state index is 12.0. The maximum Gasteiger partial charge on any atom is 0.348 e. The van der Waals surface area contributed by atoms with Gasteiger partial charge in [-0.1, -0.05) is 0 Å². The predicted octanol–water partition coefficient (Wildman–Crippen LogP) is 1.61. The van der Waals surface area contributed by atoms with E-state index in [-0.39, 0.29) is 38.5 Å². The van der Waals surface area contributed by atoms with Crippen molar-refractivity contribution in [3.05, 3.63) is 39.0 Å². The fourth-order valence-electron chi connectivity index (χ4n) is 2.57. The Balaban J connectivity index is 2.54. The highest BCUT2D eigenvalue weighted by Gasteiger charge is 2.22. The van der Waals surface area contributed by atoms with Gasteiger partial charge >= 0.3 is 11.3 Å². The van der Waals surface area contributed by atoms with Gasteiger partial charge in [-0.15, -0.1) is 0 Å². The van der Waals surface area contributed by atoms with E-state index in [0.717, 1.165) is 6.07 Å². The largest absolute Gasteiger partial charge is 0.508 e. The highest BCUT2D eigenvalue weighted by Crippen LogP contribution is 2.40. The van der Waals surface area contributed by atoms with Crippen molar-refractivity contribution in [1.82, 2.24) is 0 Å². The van der Waals surface area contributed by atoms with Gasteiger partial charge in [0.2, 0.25) is 0 Å². The van der Waals surface area contributed by atoms with E-state index in [2.05, 4.69) is 0 Å². The third-order valence-electron chi connectivity index (χ3n) is 3.41. The molecule has 21 heavy (non-hydrogen) atoms. The van der Waals surface area contributed by atoms with Crippen molar-refractivity contribution in [2.24, 2.45) is 0 Å². The van der Waals surface area contributed by atoms with Crippen LogP contribution in [0.25, 0.3) is 32.7 Å². The summed E-state index contributed by atoms with van der Waals surface area (Å²) in [6.07, 6.45) is 0. The highest BCUT2D eigenvalue weighted by atomic mass is 16.4. The van der Waals surface area contributed by atoms with Crippen LogP contribution >= 0.6 is 0 Å². The third kappa shape index (κ3) is 1.32. The van der Waals surface area contributed by atoms with Gasteiger partial charge in [-0.2, -0.15) is 0 Å². The number of aromatic hydroxyl groups is 3. The lowest BCUT2D eigenvalue weighted by molar-refractivity contribution is 0.405. The maximum atomic E-state index is 12.0. The van der Waals surface area contributed by atoms with Crippen LogP contribution in [-0.2, 0) is 0 Å². The Morgan fingerprint density at radius 1 is 0.762 bits per heavy atom. The van der Waals surface area contributed by atoms with Crippen LogP contribution in [-0.4, -0.2) is 15.3 Å². The summed E-state index contributed by atoms with van der Waals surface area (Å²) in [5.74, 6) is -1.51. The fourth-order valence-corrected chi connectivity index (χ4v) is 2.57. The molecule has 7 nitrogen and oxygen atoms in total. The van der Waals surface area contributed by atoms with Crippen LogP contribution in [0.2, 0.25) is 0 Å². The lowest BCUT2D eigenvalue weighted by Gasteiger charge is -2.09. The second-order valence-electron chi connectivity index (χ2n) is 4.64. The van der Waals surface area contributed by atoms with Crippen LogP contribution in [0.5, 0.6) is 17.2 Å². The number of hydrogen-bond donors (Lipinski definition) is 3. The molecule has 0 unspecified atom stereocenters. The molecule has 7 heteroatoms. The first-order chi connectivity index (χ1) is 9.97. The molecule has 0 saturated carbocycles. The molecule has 0 saturated heterocycles. The monoisotopic (exact) mass is 286 g/mol. The normalized spacial score (nSPS) is 11.8. The Morgan fingerprint density at radius 2 is 1.43 bits per heavy atom. The summed E-state index contributed by atoms with van der Waals surface area (Å²) in [6.45, 7) is 0. The molecule has 4 aromatic rings. The van der Waals surface area contributed by atoms with Crippen LogP contribution in [0.4, 0.5) is 0 Å². The summed E-state index contributed by atoms with van der Waals surface area (Å²) < 4.78 is 10.1. The van der Waals surface area contributed by atoms with Gasteiger partial charge in [0.05, 0.1) is 5.39 Å². The quantitative estimate of drug-likeness (QED) is 0.255. The Kier molecular flexibility index (Phi) is 1.91. The van der Waals surface area contributed by atoms with Crippen LogP contribution in [0.15, 0.2) is 36.6 Å². The van der Waals surface area contributed by atoms with Gasteiger partial charge in [0.15, 0.2) is 11.5 Å². The van der Waals surface area contributed by atoms with Crippen LogP contribution < -0.4 is 11.3 Å². The van der Waals surface area contributed by atoms with E-state index in [1.807, 2.05) is 0 Å². The van der Waals surface area contributed by atoms with Gasteiger partial charge in [-0.25, -0.2) is 9.59 Å². The summed E-state index contributed by atoms with van der Waals surface area (Å²) >= 11 is 0. The van der Waals surface area contributed by atoms with Crippen LogP contribution in [0.3, 0.4) is 0 Å². The molecule has 0 atom stereocenters. The smallest absolute Gasteiger partial charge is 0.348 e. The first-order valence-corrected chi connectivity index (χ1v) is 5.88. The number of phenolic OH excluding ortho intramolecular Hbond substituents is 3. The summed E-state index contributed by atoms with van der Waals surface area (Å²) in [4.78, 5) is 23.9. The third-order valence-corrected chi connectivity index (χ3v) is 3.41. The molecular formula is C14H6O7. The SMILES string of the molecule is O=c1oc2cc(O)c(O)c3c(=O)oc4cc(O)cc1c4c23. The van der Waals surface area contributed by atoms with Gasteiger partial charge in [0.25, 0.3) is 0 Å². The van der Waals surface area contributed by atoms with Gasteiger partial charge in [0.1, 0.15) is 22.3 Å². The van der Waals surface area contributed by atoms with Crippen molar-refractivity contribution in [3.8, 4) is 17.2 Å². The molecule has 0 spiro atoms. The Hall–Kier alpha value is -3.22. The first kappa shape index (κ1) is 11.6. The molecule has 2 heterocycles. The summed E-state index contributed by atoms with van der Waals surface area (Å²) in [5.41, 5.74) is -1.74. The molecule has 0 radical (unpaired) electrons. The number of hydrogen-bond acceptors (Lipinski definition) is 7. The first-order valence-electron chi connectivity index (χ1n) is 5.88. The van der Waals surface area contributed by atoms with Crippen LogP contribution in [0.1, 0.15) is 0 Å². The van der Waals surface area contributed by atoms with E-state index < -0.39 is 22.8 Å². The second-order valence-corrected chi connectivity index (χ2v) is 4.64. The van der Waals surface area contributed by atoms with Gasteiger partial charge in [-0.3, -0.25) is 0 Å². The zero-order valence-corrected chi connectivity index (χ0v) is 10.2. The minimum Gasteiger partial charge on any atom is -0.508 e. The van der Waals surface area contributed by atoms with Crippen molar-refractivity contribution >= 4 is 32.7 Å². The topological polar surface area (TPSA) is 121 Å². The number of benzene rings is 2. The average molecular weight is 286 g/mol. The van der Waals surface area contributed by atoms with Crippen molar-refractivity contribution in [2.75, 3.05) is 0 Å². The molecule has 0 aliphatic carbocycles.